The molecule has 286 valence electrons. The summed E-state index contributed by atoms with van der Waals surface area (Å²) in [4.78, 5) is 4.62. The van der Waals surface area contributed by atoms with Crippen molar-refractivity contribution in [3.63, 3.8) is 0 Å². The van der Waals surface area contributed by atoms with E-state index in [0.29, 0.717) is 0 Å². The Kier molecular flexibility index (Phi) is 7.23. The second kappa shape index (κ2) is 13.0. The van der Waals surface area contributed by atoms with Crippen LogP contribution >= 0.6 is 0 Å². The summed E-state index contributed by atoms with van der Waals surface area (Å²) in [6.45, 7) is 0. The molecule has 0 radical (unpaired) electrons. The van der Waals surface area contributed by atoms with Gasteiger partial charge in [-0.2, -0.15) is 0 Å². The number of fused-ring (bicyclic) bond motifs is 11. The molecule has 0 N–H and O–H groups in total. The summed E-state index contributed by atoms with van der Waals surface area (Å²) in [7, 11) is 0. The van der Waals surface area contributed by atoms with Crippen LogP contribution in [-0.2, 0) is 18.3 Å². The Balaban J connectivity index is 0.910. The summed E-state index contributed by atoms with van der Waals surface area (Å²) in [5.41, 5.74) is 16.5. The van der Waals surface area contributed by atoms with Crippen LogP contribution < -0.4 is 19.3 Å². The highest BCUT2D eigenvalue weighted by molar-refractivity contribution is 6.05. The summed E-state index contributed by atoms with van der Waals surface area (Å²) >= 11 is 0. The molecule has 2 aliphatic carbocycles. The Hall–Kier alpha value is -8.00. The average molecular weight is 781 g/mol. The molecule has 0 aromatic heterocycles. The molecule has 0 amide bonds. The van der Waals surface area contributed by atoms with Gasteiger partial charge < -0.3 is 14.4 Å². The zero-order valence-electron chi connectivity index (χ0n) is 33.1. The molecule has 9 aromatic rings. The molecule has 0 saturated carbocycles. The van der Waals surface area contributed by atoms with Gasteiger partial charge in [0.1, 0.15) is 5.69 Å². The fourth-order valence-electron chi connectivity index (χ4n) is 10.4. The van der Waals surface area contributed by atoms with Crippen LogP contribution in [0.2, 0.25) is 0 Å². The van der Waals surface area contributed by atoms with Crippen LogP contribution in [0.1, 0.15) is 33.4 Å². The lowest BCUT2D eigenvalue weighted by Gasteiger charge is -2.33. The van der Waals surface area contributed by atoms with Crippen molar-refractivity contribution in [2.75, 3.05) is 9.80 Å². The van der Waals surface area contributed by atoms with Gasteiger partial charge in [0.2, 0.25) is 0 Å². The lowest BCUT2D eigenvalue weighted by molar-refractivity contribution is 0.477. The second-order valence-electron chi connectivity index (χ2n) is 16.4. The maximum atomic E-state index is 6.35. The number of benzene rings is 8. The first-order valence-electron chi connectivity index (χ1n) is 20.9. The normalized spacial score (nSPS) is 14.6. The van der Waals surface area contributed by atoms with E-state index in [-0.39, 0.29) is 5.41 Å². The van der Waals surface area contributed by atoms with Gasteiger partial charge in [0.05, 0.1) is 22.7 Å². The first-order valence-corrected chi connectivity index (χ1v) is 20.9. The maximum Gasteiger partial charge on any atom is 0.160 e. The van der Waals surface area contributed by atoms with Crippen LogP contribution in [0.5, 0.6) is 23.0 Å². The summed E-state index contributed by atoms with van der Waals surface area (Å²) in [6.07, 6.45) is 6.48. The second-order valence-corrected chi connectivity index (χ2v) is 16.4. The zero-order valence-corrected chi connectivity index (χ0v) is 33.1. The van der Waals surface area contributed by atoms with E-state index >= 15 is 0 Å². The predicted octanol–water partition coefficient (Wildman–Crippen LogP) is 14.8. The SMILES string of the molecule is c1ccc2c(c#1)N(c1ccc3c(c1)C1(Cc4ccccc4C1)c1cc(/C=C/c4ccc(N5c6ccccc6Oc6ccccc65)c5ccccc45)ccc1-3)c1ccccc1O2. The lowest BCUT2D eigenvalue weighted by atomic mass is 9.75. The summed E-state index contributed by atoms with van der Waals surface area (Å²) < 4.78 is 12.7. The Morgan fingerprint density at radius 3 is 1.79 bits per heavy atom. The first-order chi connectivity index (χ1) is 30.2. The molecule has 1 spiro atoms. The van der Waals surface area contributed by atoms with Gasteiger partial charge in [0.15, 0.2) is 23.0 Å². The summed E-state index contributed by atoms with van der Waals surface area (Å²) in [6, 6.07) is 71.6. The van der Waals surface area contributed by atoms with Crippen molar-refractivity contribution in [1.82, 2.24) is 0 Å². The monoisotopic (exact) mass is 780 g/mol. The minimum Gasteiger partial charge on any atom is -0.453 e. The number of ether oxygens (including phenoxy) is 2. The van der Waals surface area contributed by atoms with Crippen molar-refractivity contribution in [1.29, 1.82) is 0 Å². The standard InChI is InChI=1S/C57H36N2O2/c1-2-14-40-36-57(35-39(40)13-1)46-33-37(26-30-43(46)44-31-29-41(34-47(44)57)58-49-17-5-9-21-53(49)60-54-22-10-6-18-50(54)58)25-27-38-28-32-48(45-16-4-3-15-42(38)45)59-51-19-7-11-23-55(51)61-56-24-12-8-20-52(56)59/h1-5,7-17,19-34H,35-36H2/b27-25+. The smallest absolute Gasteiger partial charge is 0.160 e. The minimum absolute atomic E-state index is 0.200. The number of rotatable bonds is 4. The van der Waals surface area contributed by atoms with Crippen LogP contribution in [0.4, 0.5) is 34.1 Å². The van der Waals surface area contributed by atoms with E-state index in [1.165, 1.54) is 55.3 Å². The van der Waals surface area contributed by atoms with E-state index in [1.54, 1.807) is 0 Å². The van der Waals surface area contributed by atoms with E-state index in [2.05, 4.69) is 168 Å². The van der Waals surface area contributed by atoms with Gasteiger partial charge in [-0.1, -0.05) is 133 Å². The fraction of sp³-hybridized carbons (Fsp3) is 0.0526. The van der Waals surface area contributed by atoms with Gasteiger partial charge >= 0.3 is 0 Å². The van der Waals surface area contributed by atoms with Crippen molar-refractivity contribution in [2.45, 2.75) is 18.3 Å². The molecule has 2 aliphatic heterocycles. The van der Waals surface area contributed by atoms with Crippen molar-refractivity contribution in [2.24, 2.45) is 0 Å². The predicted molar refractivity (Wildman–Crippen MR) is 247 cm³/mol. The molecular formula is C57H36N2O2. The molecule has 61 heavy (non-hydrogen) atoms. The highest BCUT2D eigenvalue weighted by Crippen LogP contribution is 2.58. The Morgan fingerprint density at radius 1 is 0.475 bits per heavy atom. The molecule has 9 aromatic carbocycles. The third-order valence-electron chi connectivity index (χ3n) is 13.1. The number of hydrogen-bond acceptors (Lipinski definition) is 4. The largest absolute Gasteiger partial charge is 0.453 e. The van der Waals surface area contributed by atoms with Gasteiger partial charge in [0, 0.05) is 16.5 Å². The van der Waals surface area contributed by atoms with E-state index in [1.807, 2.05) is 48.5 Å². The topological polar surface area (TPSA) is 24.9 Å². The summed E-state index contributed by atoms with van der Waals surface area (Å²) in [5.74, 6) is 3.30. The molecule has 13 rings (SSSR count). The Bertz CT molecular complexity index is 3190. The van der Waals surface area contributed by atoms with Gasteiger partial charge in [0.25, 0.3) is 0 Å². The fourth-order valence-corrected chi connectivity index (χ4v) is 10.4. The number of para-hydroxylation sites is 6. The first kappa shape index (κ1) is 33.9. The quantitative estimate of drug-likeness (QED) is 0.166. The third kappa shape index (κ3) is 5.08. The molecule has 0 fully saturated rings. The van der Waals surface area contributed by atoms with E-state index in [9.17, 15) is 0 Å². The number of anilines is 6. The third-order valence-corrected chi connectivity index (χ3v) is 13.1. The summed E-state index contributed by atoms with van der Waals surface area (Å²) in [5, 5.41) is 2.38. The Morgan fingerprint density at radius 2 is 1.07 bits per heavy atom. The van der Waals surface area contributed by atoms with Gasteiger partial charge in [-0.15, -0.1) is 0 Å². The van der Waals surface area contributed by atoms with Gasteiger partial charge in [-0.25, -0.2) is 0 Å². The van der Waals surface area contributed by atoms with Crippen molar-refractivity contribution < 1.29 is 9.47 Å². The molecule has 0 saturated heterocycles. The van der Waals surface area contributed by atoms with Crippen LogP contribution in [0.25, 0.3) is 34.1 Å². The van der Waals surface area contributed by atoms with E-state index < -0.39 is 0 Å². The molecule has 4 nitrogen and oxygen atoms in total. The zero-order chi connectivity index (χ0) is 40.1. The average Bonchev–Trinajstić information content (AvgIpc) is 3.83. The van der Waals surface area contributed by atoms with Gasteiger partial charge in [-0.3, -0.25) is 4.90 Å². The molecule has 4 heteroatoms. The van der Waals surface area contributed by atoms with Crippen LogP contribution in [0.3, 0.4) is 0 Å². The highest BCUT2D eigenvalue weighted by atomic mass is 16.5. The molecule has 0 unspecified atom stereocenters. The maximum absolute atomic E-state index is 6.35. The van der Waals surface area contributed by atoms with Crippen LogP contribution in [-0.4, -0.2) is 0 Å². The molecule has 2 heterocycles. The van der Waals surface area contributed by atoms with Crippen molar-refractivity contribution in [3.8, 4) is 34.1 Å². The number of hydrogen-bond donors (Lipinski definition) is 0. The van der Waals surface area contributed by atoms with Crippen LogP contribution in [0, 0.1) is 12.1 Å². The Labute approximate surface area is 354 Å². The van der Waals surface area contributed by atoms with E-state index in [0.717, 1.165) is 70.0 Å². The molecule has 0 bridgehead atoms. The minimum atomic E-state index is -0.200. The van der Waals surface area contributed by atoms with E-state index in [4.69, 9.17) is 9.47 Å². The van der Waals surface area contributed by atoms with Crippen molar-refractivity contribution >= 4 is 57.0 Å². The number of nitrogens with zero attached hydrogens (tertiary/aromatic N) is 2. The molecule has 4 aliphatic rings. The van der Waals surface area contributed by atoms with Crippen LogP contribution in [0.15, 0.2) is 182 Å². The highest BCUT2D eigenvalue weighted by Gasteiger charge is 2.47. The molecular weight excluding hydrogens is 745 g/mol. The van der Waals surface area contributed by atoms with Crippen molar-refractivity contribution in [3.05, 3.63) is 228 Å². The lowest BCUT2D eigenvalue weighted by Crippen LogP contribution is -2.26. The molecule has 0 atom stereocenters. The van der Waals surface area contributed by atoms with Gasteiger partial charge in [-0.05, 0) is 136 Å².